The Kier molecular flexibility index (Phi) is 9.55. The van der Waals surface area contributed by atoms with Crippen LogP contribution in [0.1, 0.15) is 33.5 Å². The number of aromatic nitrogens is 1. The second-order valence-corrected chi connectivity index (χ2v) is 6.64. The van der Waals surface area contributed by atoms with Crippen LogP contribution >= 0.6 is 24.0 Å². The Labute approximate surface area is 180 Å². The molecule has 0 fully saturated rings. The second kappa shape index (κ2) is 11.1. The Morgan fingerprint density at radius 2 is 1.74 bits per heavy atom. The molecular weight excluding hydrogens is 451 g/mol. The van der Waals surface area contributed by atoms with Gasteiger partial charge in [-0.3, -0.25) is 9.98 Å². The van der Waals surface area contributed by atoms with E-state index >= 15 is 0 Å². The molecule has 5 nitrogen and oxygen atoms in total. The minimum atomic E-state index is 0. The summed E-state index contributed by atoms with van der Waals surface area (Å²) < 4.78 is 5.47. The normalized spacial score (nSPS) is 11.0. The van der Waals surface area contributed by atoms with Crippen LogP contribution in [0, 0.1) is 27.7 Å². The van der Waals surface area contributed by atoms with E-state index in [4.69, 9.17) is 4.74 Å². The monoisotopic (exact) mass is 482 g/mol. The zero-order valence-corrected chi connectivity index (χ0v) is 19.5. The fourth-order valence-electron chi connectivity index (χ4n) is 3.18. The van der Waals surface area contributed by atoms with E-state index in [1.807, 2.05) is 20.0 Å². The number of pyridine rings is 1. The summed E-state index contributed by atoms with van der Waals surface area (Å²) >= 11 is 0. The minimum Gasteiger partial charge on any atom is -0.496 e. The number of aryl methyl sites for hydroxylation is 3. The lowest BCUT2D eigenvalue weighted by atomic mass is 10.1. The second-order valence-electron chi connectivity index (χ2n) is 6.64. The number of methoxy groups -OCH3 is 1. The molecule has 2 aromatic rings. The molecule has 6 heteroatoms. The van der Waals surface area contributed by atoms with E-state index in [0.717, 1.165) is 41.5 Å². The highest BCUT2D eigenvalue weighted by Gasteiger charge is 2.09. The molecule has 0 saturated carbocycles. The lowest BCUT2D eigenvalue weighted by Gasteiger charge is -2.15. The maximum absolute atomic E-state index is 5.47. The van der Waals surface area contributed by atoms with Crippen LogP contribution in [0.2, 0.25) is 0 Å². The summed E-state index contributed by atoms with van der Waals surface area (Å²) in [6.45, 7) is 9.73. The van der Waals surface area contributed by atoms with Crippen molar-refractivity contribution in [3.8, 4) is 5.75 Å². The van der Waals surface area contributed by atoms with Gasteiger partial charge in [0.2, 0.25) is 0 Å². The van der Waals surface area contributed by atoms with Crippen molar-refractivity contribution in [2.24, 2.45) is 4.99 Å². The predicted octanol–water partition coefficient (Wildman–Crippen LogP) is 3.85. The Balaban J connectivity index is 0.00000364. The predicted molar refractivity (Wildman–Crippen MR) is 123 cm³/mol. The number of ether oxygens (including phenoxy) is 1. The number of nitrogens with zero attached hydrogens (tertiary/aromatic N) is 2. The molecule has 0 spiro atoms. The van der Waals surface area contributed by atoms with Gasteiger partial charge >= 0.3 is 0 Å². The Bertz CT molecular complexity index is 770. The van der Waals surface area contributed by atoms with Gasteiger partial charge in [-0.1, -0.05) is 29.3 Å². The van der Waals surface area contributed by atoms with Gasteiger partial charge < -0.3 is 15.4 Å². The Hall–Kier alpha value is -1.83. The van der Waals surface area contributed by atoms with Crippen LogP contribution in [0.15, 0.2) is 29.4 Å². The summed E-state index contributed by atoms with van der Waals surface area (Å²) in [5, 5.41) is 6.69. The van der Waals surface area contributed by atoms with Crippen LogP contribution in [-0.4, -0.2) is 31.6 Å². The van der Waals surface area contributed by atoms with Crippen LogP contribution in [0.4, 0.5) is 0 Å². The van der Waals surface area contributed by atoms with E-state index in [1.165, 1.54) is 16.7 Å². The van der Waals surface area contributed by atoms with Gasteiger partial charge in [0.05, 0.1) is 19.3 Å². The summed E-state index contributed by atoms with van der Waals surface area (Å²) in [4.78, 5) is 8.81. The van der Waals surface area contributed by atoms with E-state index in [9.17, 15) is 0 Å². The molecule has 2 N–H and O–H groups in total. The van der Waals surface area contributed by atoms with Gasteiger partial charge in [-0.25, -0.2) is 0 Å². The first-order valence-corrected chi connectivity index (χ1v) is 8.95. The number of benzene rings is 1. The molecule has 0 bridgehead atoms. The van der Waals surface area contributed by atoms with Crippen molar-refractivity contribution in [2.45, 2.75) is 40.7 Å². The van der Waals surface area contributed by atoms with Crippen LogP contribution in [0.25, 0.3) is 0 Å². The van der Waals surface area contributed by atoms with Crippen molar-refractivity contribution in [3.63, 3.8) is 0 Å². The summed E-state index contributed by atoms with van der Waals surface area (Å²) in [7, 11) is 3.47. The molecule has 27 heavy (non-hydrogen) atoms. The van der Waals surface area contributed by atoms with E-state index in [0.29, 0.717) is 6.54 Å². The molecule has 2 rings (SSSR count). The van der Waals surface area contributed by atoms with Gasteiger partial charge in [-0.15, -0.1) is 24.0 Å². The van der Waals surface area contributed by atoms with Gasteiger partial charge in [-0.2, -0.15) is 0 Å². The van der Waals surface area contributed by atoms with Crippen molar-refractivity contribution in [2.75, 3.05) is 20.7 Å². The standard InChI is InChI=1S/C21H30N4O.HI/c1-14-9-15(2)11-18(10-14)7-8-23-21(22-5)25-13-19-17(4)20(26-6)16(3)12-24-19;/h9-12H,7-8,13H2,1-6H3,(H2,22,23,25);1H. The average Bonchev–Trinajstić information content (AvgIpc) is 2.59. The third kappa shape index (κ3) is 6.68. The smallest absolute Gasteiger partial charge is 0.191 e. The zero-order chi connectivity index (χ0) is 19.1. The van der Waals surface area contributed by atoms with Crippen molar-refractivity contribution < 1.29 is 4.74 Å². The topological polar surface area (TPSA) is 58.5 Å². The van der Waals surface area contributed by atoms with Crippen molar-refractivity contribution in [1.82, 2.24) is 15.6 Å². The lowest BCUT2D eigenvalue weighted by molar-refractivity contribution is 0.406. The summed E-state index contributed by atoms with van der Waals surface area (Å²) in [5.41, 5.74) is 7.01. The quantitative estimate of drug-likeness (QED) is 0.373. The molecule has 148 valence electrons. The van der Waals surface area contributed by atoms with E-state index in [-0.39, 0.29) is 24.0 Å². The highest BCUT2D eigenvalue weighted by atomic mass is 127. The molecule has 1 aromatic carbocycles. The van der Waals surface area contributed by atoms with Crippen molar-refractivity contribution in [1.29, 1.82) is 0 Å². The third-order valence-corrected chi connectivity index (χ3v) is 4.38. The van der Waals surface area contributed by atoms with Crippen LogP contribution < -0.4 is 15.4 Å². The molecule has 1 heterocycles. The first-order chi connectivity index (χ1) is 12.4. The number of hydrogen-bond acceptors (Lipinski definition) is 3. The SMILES string of the molecule is CN=C(NCCc1cc(C)cc(C)c1)NCc1ncc(C)c(OC)c1C.I. The fraction of sp³-hybridized carbons (Fsp3) is 0.429. The van der Waals surface area contributed by atoms with Gasteiger partial charge in [0, 0.05) is 30.9 Å². The van der Waals surface area contributed by atoms with Crippen molar-refractivity contribution in [3.05, 3.63) is 57.9 Å². The van der Waals surface area contributed by atoms with Crippen LogP contribution in [-0.2, 0) is 13.0 Å². The fourth-order valence-corrected chi connectivity index (χ4v) is 3.18. The van der Waals surface area contributed by atoms with E-state index in [2.05, 4.69) is 52.7 Å². The van der Waals surface area contributed by atoms with Gasteiger partial charge in [0.15, 0.2) is 5.96 Å². The van der Waals surface area contributed by atoms with Crippen LogP contribution in [0.3, 0.4) is 0 Å². The first kappa shape index (κ1) is 23.2. The van der Waals surface area contributed by atoms with Gasteiger partial charge in [0.1, 0.15) is 5.75 Å². The third-order valence-electron chi connectivity index (χ3n) is 4.38. The highest BCUT2D eigenvalue weighted by molar-refractivity contribution is 14.0. The average molecular weight is 482 g/mol. The van der Waals surface area contributed by atoms with Crippen molar-refractivity contribution >= 4 is 29.9 Å². The lowest BCUT2D eigenvalue weighted by Crippen LogP contribution is -2.38. The zero-order valence-electron chi connectivity index (χ0n) is 17.1. The first-order valence-electron chi connectivity index (χ1n) is 8.95. The number of nitrogens with one attached hydrogen (secondary N) is 2. The maximum Gasteiger partial charge on any atom is 0.191 e. The van der Waals surface area contributed by atoms with Gasteiger partial charge in [0.25, 0.3) is 0 Å². The van der Waals surface area contributed by atoms with E-state index < -0.39 is 0 Å². The van der Waals surface area contributed by atoms with Gasteiger partial charge in [-0.05, 0) is 39.7 Å². The molecule has 0 radical (unpaired) electrons. The molecule has 0 aliphatic heterocycles. The van der Waals surface area contributed by atoms with E-state index in [1.54, 1.807) is 14.2 Å². The number of guanidine groups is 1. The molecule has 0 atom stereocenters. The van der Waals surface area contributed by atoms with Crippen LogP contribution in [0.5, 0.6) is 5.75 Å². The number of aliphatic imine (C=N–C) groups is 1. The molecule has 0 saturated heterocycles. The largest absolute Gasteiger partial charge is 0.496 e. The number of rotatable bonds is 6. The number of hydrogen-bond donors (Lipinski definition) is 2. The Morgan fingerprint density at radius 1 is 1.07 bits per heavy atom. The molecular formula is C21H31IN4O. The number of halogens is 1. The highest BCUT2D eigenvalue weighted by Crippen LogP contribution is 2.23. The summed E-state index contributed by atoms with van der Waals surface area (Å²) in [6.07, 6.45) is 2.80. The summed E-state index contributed by atoms with van der Waals surface area (Å²) in [6, 6.07) is 6.66. The molecule has 0 aliphatic carbocycles. The molecule has 0 aliphatic rings. The Morgan fingerprint density at radius 3 is 2.33 bits per heavy atom. The maximum atomic E-state index is 5.47. The minimum absolute atomic E-state index is 0. The summed E-state index contributed by atoms with van der Waals surface area (Å²) in [5.74, 6) is 1.67. The molecule has 0 unspecified atom stereocenters. The molecule has 1 aromatic heterocycles. The molecule has 0 amide bonds.